The number of carbonyl (C=O) groups excluding carboxylic acids is 1. The van der Waals surface area contributed by atoms with Crippen LogP contribution < -0.4 is 11.3 Å². The summed E-state index contributed by atoms with van der Waals surface area (Å²) < 4.78 is 1.34. The molecule has 1 aliphatic heterocycles. The van der Waals surface area contributed by atoms with Crippen molar-refractivity contribution in [2.24, 2.45) is 11.7 Å². The molecule has 2 heterocycles. The molecule has 1 aliphatic rings. The zero-order chi connectivity index (χ0) is 17.8. The van der Waals surface area contributed by atoms with Crippen molar-refractivity contribution in [1.29, 1.82) is 0 Å². The van der Waals surface area contributed by atoms with Crippen molar-refractivity contribution >= 4 is 5.91 Å². The van der Waals surface area contributed by atoms with Crippen molar-refractivity contribution in [3.63, 3.8) is 0 Å². The third kappa shape index (κ3) is 3.96. The number of nitrogens with zero attached hydrogens (tertiary/aromatic N) is 3. The molecule has 6 nitrogen and oxygen atoms in total. The van der Waals surface area contributed by atoms with Crippen LogP contribution in [0.1, 0.15) is 35.8 Å². The lowest BCUT2D eigenvalue weighted by atomic mass is 9.92. The minimum Gasteiger partial charge on any atom is -0.333 e. The van der Waals surface area contributed by atoms with Gasteiger partial charge in [0.2, 0.25) is 0 Å². The van der Waals surface area contributed by atoms with Crippen LogP contribution in [0.15, 0.2) is 47.3 Å². The van der Waals surface area contributed by atoms with Crippen molar-refractivity contribution < 1.29 is 4.79 Å². The molecular weight excluding hydrogens is 316 g/mol. The van der Waals surface area contributed by atoms with Gasteiger partial charge in [-0.25, -0.2) is 4.68 Å². The van der Waals surface area contributed by atoms with Crippen LogP contribution in [0.3, 0.4) is 0 Å². The molecule has 0 spiro atoms. The standard InChI is InChI=1S/C19H24N4O2/c1-14-9-10-22(16(11-14)12-20)19(25)17-7-8-18(24)23(21-17)13-15-5-3-2-4-6-15/h2-8,14,16H,9-13,20H2,1H3. The second kappa shape index (κ2) is 7.61. The first-order valence-electron chi connectivity index (χ1n) is 8.71. The number of hydrogen-bond donors (Lipinski definition) is 1. The first-order valence-corrected chi connectivity index (χ1v) is 8.71. The molecule has 1 saturated heterocycles. The third-order valence-electron chi connectivity index (χ3n) is 4.77. The molecule has 0 bridgehead atoms. The van der Waals surface area contributed by atoms with Crippen LogP contribution in [0.5, 0.6) is 0 Å². The van der Waals surface area contributed by atoms with E-state index in [-0.39, 0.29) is 17.5 Å². The fourth-order valence-electron chi connectivity index (χ4n) is 3.32. The molecule has 2 aromatic rings. The Kier molecular flexibility index (Phi) is 5.28. The van der Waals surface area contributed by atoms with Gasteiger partial charge in [0, 0.05) is 25.2 Å². The average Bonchev–Trinajstić information content (AvgIpc) is 2.63. The molecular formula is C19H24N4O2. The second-order valence-corrected chi connectivity index (χ2v) is 6.72. The Labute approximate surface area is 147 Å². The van der Waals surface area contributed by atoms with E-state index in [1.54, 1.807) is 4.90 Å². The van der Waals surface area contributed by atoms with Crippen molar-refractivity contribution in [1.82, 2.24) is 14.7 Å². The lowest BCUT2D eigenvalue weighted by Gasteiger charge is -2.37. The summed E-state index contributed by atoms with van der Waals surface area (Å²) in [7, 11) is 0. The van der Waals surface area contributed by atoms with Gasteiger partial charge in [-0.1, -0.05) is 37.3 Å². The van der Waals surface area contributed by atoms with Crippen LogP contribution in [-0.4, -0.2) is 39.7 Å². The molecule has 3 rings (SSSR count). The number of aromatic nitrogens is 2. The van der Waals surface area contributed by atoms with E-state index >= 15 is 0 Å². The molecule has 1 aromatic heterocycles. The van der Waals surface area contributed by atoms with Crippen molar-refractivity contribution in [2.45, 2.75) is 32.4 Å². The van der Waals surface area contributed by atoms with Crippen LogP contribution in [0, 0.1) is 5.92 Å². The highest BCUT2D eigenvalue weighted by molar-refractivity contribution is 5.92. The van der Waals surface area contributed by atoms with E-state index in [4.69, 9.17) is 5.73 Å². The number of rotatable bonds is 4. The molecule has 25 heavy (non-hydrogen) atoms. The van der Waals surface area contributed by atoms with Gasteiger partial charge < -0.3 is 10.6 Å². The number of carbonyl (C=O) groups is 1. The first kappa shape index (κ1) is 17.4. The van der Waals surface area contributed by atoms with Gasteiger partial charge in [-0.15, -0.1) is 0 Å². The molecule has 132 valence electrons. The lowest BCUT2D eigenvalue weighted by molar-refractivity contribution is 0.0565. The SMILES string of the molecule is CC1CCN(C(=O)c2ccc(=O)n(Cc3ccccc3)n2)C(CN)C1. The summed E-state index contributed by atoms with van der Waals surface area (Å²) >= 11 is 0. The summed E-state index contributed by atoms with van der Waals surface area (Å²) in [6.45, 7) is 3.65. The summed E-state index contributed by atoms with van der Waals surface area (Å²) in [5.74, 6) is 0.418. The van der Waals surface area contributed by atoms with Crippen molar-refractivity contribution in [3.8, 4) is 0 Å². The Morgan fingerprint density at radius 3 is 2.72 bits per heavy atom. The van der Waals surface area contributed by atoms with Crippen LogP contribution in [0.25, 0.3) is 0 Å². The normalized spacial score (nSPS) is 20.5. The Hall–Kier alpha value is -2.47. The van der Waals surface area contributed by atoms with Gasteiger partial charge in [0.25, 0.3) is 11.5 Å². The maximum atomic E-state index is 12.9. The van der Waals surface area contributed by atoms with Gasteiger partial charge in [0.1, 0.15) is 5.69 Å². The lowest BCUT2D eigenvalue weighted by Crippen LogP contribution is -2.49. The molecule has 2 N–H and O–H groups in total. The minimum absolute atomic E-state index is 0.0348. The highest BCUT2D eigenvalue weighted by Gasteiger charge is 2.30. The molecule has 1 amide bonds. The van der Waals surface area contributed by atoms with Gasteiger partial charge in [-0.2, -0.15) is 5.10 Å². The van der Waals surface area contributed by atoms with Gasteiger partial charge in [0.15, 0.2) is 0 Å². The minimum atomic E-state index is -0.219. The van der Waals surface area contributed by atoms with E-state index in [0.717, 1.165) is 18.4 Å². The quantitative estimate of drug-likeness (QED) is 0.914. The largest absolute Gasteiger partial charge is 0.333 e. The Morgan fingerprint density at radius 2 is 2.00 bits per heavy atom. The smallest absolute Gasteiger partial charge is 0.274 e. The molecule has 1 aromatic carbocycles. The summed E-state index contributed by atoms with van der Waals surface area (Å²) in [5, 5.41) is 4.30. The van der Waals surface area contributed by atoms with Crippen LogP contribution in [0.2, 0.25) is 0 Å². The van der Waals surface area contributed by atoms with Crippen molar-refractivity contribution in [2.75, 3.05) is 13.1 Å². The first-order chi connectivity index (χ1) is 12.1. The topological polar surface area (TPSA) is 81.2 Å². The number of benzene rings is 1. The summed E-state index contributed by atoms with van der Waals surface area (Å²) in [6.07, 6.45) is 1.87. The van der Waals surface area contributed by atoms with E-state index in [1.807, 2.05) is 30.3 Å². The van der Waals surface area contributed by atoms with E-state index in [1.165, 1.54) is 16.8 Å². The van der Waals surface area contributed by atoms with Crippen LogP contribution in [0.4, 0.5) is 0 Å². The molecule has 6 heteroatoms. The number of nitrogens with two attached hydrogens (primary N) is 1. The molecule has 0 radical (unpaired) electrons. The maximum absolute atomic E-state index is 12.9. The summed E-state index contributed by atoms with van der Waals surface area (Å²) in [6, 6.07) is 12.6. The maximum Gasteiger partial charge on any atom is 0.274 e. The fraction of sp³-hybridized carbons (Fsp3) is 0.421. The zero-order valence-electron chi connectivity index (χ0n) is 14.5. The molecule has 1 fully saturated rings. The van der Waals surface area contributed by atoms with Gasteiger partial charge in [0.05, 0.1) is 6.54 Å². The van der Waals surface area contributed by atoms with E-state index in [9.17, 15) is 9.59 Å². The predicted molar refractivity (Wildman–Crippen MR) is 96.3 cm³/mol. The molecule has 0 saturated carbocycles. The van der Waals surface area contributed by atoms with Gasteiger partial charge in [-0.05, 0) is 30.4 Å². The van der Waals surface area contributed by atoms with Gasteiger partial charge >= 0.3 is 0 Å². The Balaban J connectivity index is 1.83. The number of likely N-dealkylation sites (tertiary alicyclic amines) is 1. The molecule has 2 atom stereocenters. The average molecular weight is 340 g/mol. The van der Waals surface area contributed by atoms with Crippen LogP contribution in [-0.2, 0) is 6.54 Å². The molecule has 2 unspecified atom stereocenters. The highest BCUT2D eigenvalue weighted by atomic mass is 16.2. The third-order valence-corrected chi connectivity index (χ3v) is 4.77. The van der Waals surface area contributed by atoms with E-state index in [2.05, 4.69) is 12.0 Å². The van der Waals surface area contributed by atoms with Gasteiger partial charge in [-0.3, -0.25) is 9.59 Å². The second-order valence-electron chi connectivity index (χ2n) is 6.72. The Bertz CT molecular complexity index is 788. The monoisotopic (exact) mass is 340 g/mol. The zero-order valence-corrected chi connectivity index (χ0v) is 14.5. The van der Waals surface area contributed by atoms with E-state index in [0.29, 0.717) is 31.2 Å². The van der Waals surface area contributed by atoms with Crippen LogP contribution >= 0.6 is 0 Å². The highest BCUT2D eigenvalue weighted by Crippen LogP contribution is 2.23. The number of piperidine rings is 1. The number of amides is 1. The number of hydrogen-bond acceptors (Lipinski definition) is 4. The summed E-state index contributed by atoms with van der Waals surface area (Å²) in [4.78, 5) is 26.8. The molecule has 0 aliphatic carbocycles. The predicted octanol–water partition coefficient (Wildman–Crippen LogP) is 1.49. The fourth-order valence-corrected chi connectivity index (χ4v) is 3.32. The Morgan fingerprint density at radius 1 is 1.24 bits per heavy atom. The van der Waals surface area contributed by atoms with Crippen molar-refractivity contribution in [3.05, 3.63) is 64.1 Å². The summed E-state index contributed by atoms with van der Waals surface area (Å²) in [5.41, 5.74) is 6.90. The van der Waals surface area contributed by atoms with E-state index < -0.39 is 0 Å².